The molecule has 0 bridgehead atoms. The summed E-state index contributed by atoms with van der Waals surface area (Å²) in [6.45, 7) is 0. The summed E-state index contributed by atoms with van der Waals surface area (Å²) in [7, 11) is -3.82. The molecule has 9 nitrogen and oxygen atoms in total. The Morgan fingerprint density at radius 1 is 0.938 bits per heavy atom. The number of sulfone groups is 1. The zero-order valence-electron chi connectivity index (χ0n) is 16.9. The maximum atomic E-state index is 13.0. The van der Waals surface area contributed by atoms with E-state index in [1.807, 2.05) is 0 Å². The largest absolute Gasteiger partial charge is 0.336 e. The van der Waals surface area contributed by atoms with Gasteiger partial charge in [0, 0.05) is 29.6 Å². The van der Waals surface area contributed by atoms with Crippen LogP contribution in [0.4, 0.5) is 11.4 Å². The molecule has 1 unspecified atom stereocenters. The van der Waals surface area contributed by atoms with Crippen LogP contribution >= 0.6 is 0 Å². The fraction of sp³-hybridized carbons (Fsp3) is 0.0909. The number of para-hydroxylation sites is 1. The number of amides is 2. The lowest BCUT2D eigenvalue weighted by Crippen LogP contribution is -2.37. The van der Waals surface area contributed by atoms with Crippen LogP contribution in [0.15, 0.2) is 83.8 Å². The van der Waals surface area contributed by atoms with Gasteiger partial charge in [0.2, 0.25) is 0 Å². The second kappa shape index (κ2) is 9.40. The number of nitro groups is 1. The third-order valence-electron chi connectivity index (χ3n) is 4.50. The Balaban J connectivity index is 1.96. The Hall–Kier alpha value is -4.05. The number of hydrogen-bond donors (Lipinski definition) is 2. The molecule has 10 heteroatoms. The molecule has 164 valence electrons. The molecule has 2 N–H and O–H groups in total. The molecule has 0 aliphatic carbocycles. The number of nitrogens with zero attached hydrogens (tertiary/aromatic N) is 1. The average Bonchev–Trinajstić information content (AvgIpc) is 2.77. The van der Waals surface area contributed by atoms with E-state index < -0.39 is 38.3 Å². The van der Waals surface area contributed by atoms with E-state index in [1.165, 1.54) is 0 Å². The molecule has 0 spiro atoms. The summed E-state index contributed by atoms with van der Waals surface area (Å²) < 4.78 is 23.8. The minimum atomic E-state index is -3.82. The highest BCUT2D eigenvalue weighted by atomic mass is 32.2. The third kappa shape index (κ3) is 5.55. The minimum Gasteiger partial charge on any atom is -0.336 e. The van der Waals surface area contributed by atoms with Crippen molar-refractivity contribution >= 4 is 33.0 Å². The maximum absolute atomic E-state index is 13.0. The predicted molar refractivity (Wildman–Crippen MR) is 118 cm³/mol. The Bertz CT molecular complexity index is 1260. The van der Waals surface area contributed by atoms with Gasteiger partial charge in [0.25, 0.3) is 17.5 Å². The number of nitrogens with one attached hydrogen (secondary N) is 2. The first-order chi connectivity index (χ1) is 15.1. The molecule has 1 atom stereocenters. The Morgan fingerprint density at radius 2 is 1.53 bits per heavy atom. The summed E-state index contributed by atoms with van der Waals surface area (Å²) >= 11 is 0. The summed E-state index contributed by atoms with van der Waals surface area (Å²) in [4.78, 5) is 35.9. The second-order valence-corrected chi connectivity index (χ2v) is 8.93. The van der Waals surface area contributed by atoms with Crippen molar-refractivity contribution in [3.8, 4) is 0 Å². The van der Waals surface area contributed by atoms with Crippen LogP contribution in [-0.4, -0.2) is 31.4 Å². The first kappa shape index (κ1) is 22.6. The van der Waals surface area contributed by atoms with E-state index in [2.05, 4.69) is 10.6 Å². The molecular weight excluding hydrogens is 434 g/mol. The number of anilines is 1. The number of hydrogen-bond acceptors (Lipinski definition) is 6. The van der Waals surface area contributed by atoms with E-state index in [0.29, 0.717) is 11.3 Å². The molecule has 0 aliphatic heterocycles. The van der Waals surface area contributed by atoms with Gasteiger partial charge in [-0.15, -0.1) is 0 Å². The number of benzene rings is 3. The highest BCUT2D eigenvalue weighted by Crippen LogP contribution is 2.22. The third-order valence-corrected chi connectivity index (χ3v) is 5.60. The van der Waals surface area contributed by atoms with Crippen molar-refractivity contribution in [2.75, 3.05) is 11.6 Å². The number of non-ortho nitro benzene ring substituents is 1. The predicted octanol–water partition coefficient (Wildman–Crippen LogP) is 3.11. The molecule has 3 rings (SSSR count). The number of nitro benzene ring substituents is 1. The average molecular weight is 453 g/mol. The second-order valence-electron chi connectivity index (χ2n) is 6.92. The van der Waals surface area contributed by atoms with Gasteiger partial charge in [0.15, 0.2) is 9.84 Å². The highest BCUT2D eigenvalue weighted by Gasteiger charge is 2.25. The van der Waals surface area contributed by atoms with Gasteiger partial charge in [0.05, 0.1) is 9.82 Å². The van der Waals surface area contributed by atoms with Crippen LogP contribution in [0.25, 0.3) is 0 Å². The van der Waals surface area contributed by atoms with Gasteiger partial charge < -0.3 is 10.6 Å². The zero-order chi connectivity index (χ0) is 23.3. The van der Waals surface area contributed by atoms with Gasteiger partial charge in [0.1, 0.15) is 6.04 Å². The van der Waals surface area contributed by atoms with E-state index in [-0.39, 0.29) is 10.5 Å². The normalized spacial score (nSPS) is 11.9. The monoisotopic (exact) mass is 453 g/mol. The van der Waals surface area contributed by atoms with E-state index in [1.54, 1.807) is 60.7 Å². The quantitative estimate of drug-likeness (QED) is 0.417. The van der Waals surface area contributed by atoms with Crippen LogP contribution in [0.5, 0.6) is 0 Å². The van der Waals surface area contributed by atoms with Crippen molar-refractivity contribution in [3.05, 3.63) is 100 Å². The lowest BCUT2D eigenvalue weighted by molar-refractivity contribution is -0.385. The number of rotatable bonds is 7. The van der Waals surface area contributed by atoms with Gasteiger partial charge in [-0.1, -0.05) is 48.5 Å². The molecule has 3 aromatic rings. The Labute approximate surface area is 184 Å². The topological polar surface area (TPSA) is 135 Å². The number of carbonyl (C=O) groups excluding carboxylic acids is 2. The molecule has 0 saturated heterocycles. The van der Waals surface area contributed by atoms with Crippen molar-refractivity contribution in [3.63, 3.8) is 0 Å². The van der Waals surface area contributed by atoms with Crippen molar-refractivity contribution in [2.45, 2.75) is 10.9 Å². The van der Waals surface area contributed by atoms with Crippen LogP contribution < -0.4 is 10.6 Å². The summed E-state index contributed by atoms with van der Waals surface area (Å²) in [6, 6.07) is 18.8. The molecular formula is C22H19N3O6S. The molecule has 2 amide bonds. The summed E-state index contributed by atoms with van der Waals surface area (Å²) in [6.07, 6.45) is 0.883. The van der Waals surface area contributed by atoms with Gasteiger partial charge in [-0.25, -0.2) is 8.42 Å². The van der Waals surface area contributed by atoms with Gasteiger partial charge in [-0.2, -0.15) is 0 Å². The van der Waals surface area contributed by atoms with Crippen molar-refractivity contribution in [2.24, 2.45) is 0 Å². The molecule has 0 radical (unpaired) electrons. The van der Waals surface area contributed by atoms with E-state index in [4.69, 9.17) is 0 Å². The van der Waals surface area contributed by atoms with Gasteiger partial charge >= 0.3 is 0 Å². The SMILES string of the molecule is CS(=O)(=O)c1cc(C(=O)NC(C(=O)Nc2ccccc2)c2ccccc2)cc([N+](=O)[O-])c1. The standard InChI is InChI=1S/C22H19N3O6S/c1-32(30,31)19-13-16(12-18(14-19)25(28)29)21(26)24-20(15-8-4-2-5-9-15)22(27)23-17-10-6-3-7-11-17/h2-14,20H,1H3,(H,23,27)(H,24,26). The molecule has 0 heterocycles. The lowest BCUT2D eigenvalue weighted by Gasteiger charge is -2.19. The number of carbonyl (C=O) groups is 2. The van der Waals surface area contributed by atoms with Crippen molar-refractivity contribution in [1.82, 2.24) is 5.32 Å². The maximum Gasteiger partial charge on any atom is 0.271 e. The van der Waals surface area contributed by atoms with E-state index in [9.17, 15) is 28.1 Å². The Kier molecular flexibility index (Phi) is 6.64. The Morgan fingerprint density at radius 3 is 2.09 bits per heavy atom. The fourth-order valence-electron chi connectivity index (χ4n) is 2.93. The minimum absolute atomic E-state index is 0.256. The van der Waals surface area contributed by atoms with Crippen LogP contribution in [0, 0.1) is 10.1 Å². The van der Waals surface area contributed by atoms with Crippen molar-refractivity contribution < 1.29 is 22.9 Å². The summed E-state index contributed by atoms with van der Waals surface area (Å²) in [5.41, 5.74) is 0.182. The lowest BCUT2D eigenvalue weighted by atomic mass is 10.0. The van der Waals surface area contributed by atoms with Gasteiger partial charge in [-0.05, 0) is 23.8 Å². The van der Waals surface area contributed by atoms with E-state index in [0.717, 1.165) is 24.5 Å². The van der Waals surface area contributed by atoms with Gasteiger partial charge in [-0.3, -0.25) is 19.7 Å². The zero-order valence-corrected chi connectivity index (χ0v) is 17.7. The van der Waals surface area contributed by atoms with Crippen LogP contribution in [0.2, 0.25) is 0 Å². The molecule has 0 aromatic heterocycles. The summed E-state index contributed by atoms with van der Waals surface area (Å²) in [5.74, 6) is -1.37. The molecule has 0 saturated carbocycles. The molecule has 32 heavy (non-hydrogen) atoms. The fourth-order valence-corrected chi connectivity index (χ4v) is 3.61. The van der Waals surface area contributed by atoms with Crippen LogP contribution in [-0.2, 0) is 14.6 Å². The molecule has 0 fully saturated rings. The first-order valence-electron chi connectivity index (χ1n) is 9.36. The smallest absolute Gasteiger partial charge is 0.271 e. The first-order valence-corrected chi connectivity index (χ1v) is 11.3. The summed E-state index contributed by atoms with van der Waals surface area (Å²) in [5, 5.41) is 16.5. The van der Waals surface area contributed by atoms with Crippen LogP contribution in [0.1, 0.15) is 22.0 Å². The molecule has 0 aliphatic rings. The van der Waals surface area contributed by atoms with E-state index >= 15 is 0 Å². The highest BCUT2D eigenvalue weighted by molar-refractivity contribution is 7.90. The van der Waals surface area contributed by atoms with Crippen molar-refractivity contribution in [1.29, 1.82) is 0 Å². The van der Waals surface area contributed by atoms with Crippen LogP contribution in [0.3, 0.4) is 0 Å². The molecule has 3 aromatic carbocycles.